The highest BCUT2D eigenvalue weighted by atomic mass is 16.4. The van der Waals surface area contributed by atoms with E-state index in [1.807, 2.05) is 18.2 Å². The van der Waals surface area contributed by atoms with E-state index in [0.29, 0.717) is 0 Å². The van der Waals surface area contributed by atoms with E-state index in [-0.39, 0.29) is 18.7 Å². The molecule has 0 saturated carbocycles. The Morgan fingerprint density at radius 1 is 1.24 bits per heavy atom. The lowest BCUT2D eigenvalue weighted by atomic mass is 10.1. The number of carboxylic acid groups (broad SMARTS) is 1. The van der Waals surface area contributed by atoms with Crippen LogP contribution in [0.1, 0.15) is 24.0 Å². The Bertz CT molecular complexity index is 457. The highest BCUT2D eigenvalue weighted by Crippen LogP contribution is 2.20. The molecule has 3 N–H and O–H groups in total. The normalized spacial score (nSPS) is 13.2. The maximum atomic E-state index is 11.4. The van der Waals surface area contributed by atoms with Crippen LogP contribution in [-0.2, 0) is 22.7 Å². The summed E-state index contributed by atoms with van der Waals surface area (Å²) < 4.78 is 0. The molecule has 17 heavy (non-hydrogen) atoms. The first-order valence-electron chi connectivity index (χ1n) is 5.49. The molecule has 90 valence electrons. The standard InChI is InChI=1S/C12H14N2O3/c15-11(3-4-12(16)17)14-10-2-1-8-6-13-7-9(8)5-10/h1-2,5,13H,3-4,6-7H2,(H,14,15)(H,16,17). The summed E-state index contributed by atoms with van der Waals surface area (Å²) in [4.78, 5) is 21.7. The van der Waals surface area contributed by atoms with Crippen LogP contribution in [0.3, 0.4) is 0 Å². The fourth-order valence-corrected chi connectivity index (χ4v) is 1.82. The Kier molecular flexibility index (Phi) is 3.39. The third kappa shape index (κ3) is 3.04. The first-order chi connectivity index (χ1) is 8.15. The number of nitrogens with one attached hydrogen (secondary N) is 2. The second-order valence-corrected chi connectivity index (χ2v) is 4.03. The number of rotatable bonds is 4. The zero-order chi connectivity index (χ0) is 12.3. The summed E-state index contributed by atoms with van der Waals surface area (Å²) in [6, 6.07) is 5.74. The zero-order valence-corrected chi connectivity index (χ0v) is 9.32. The van der Waals surface area contributed by atoms with Crippen LogP contribution < -0.4 is 10.6 Å². The number of hydrogen-bond donors (Lipinski definition) is 3. The smallest absolute Gasteiger partial charge is 0.303 e. The lowest BCUT2D eigenvalue weighted by Crippen LogP contribution is -2.13. The van der Waals surface area contributed by atoms with Crippen LogP contribution in [0.15, 0.2) is 18.2 Å². The minimum atomic E-state index is -0.960. The Balaban J connectivity index is 1.95. The third-order valence-corrected chi connectivity index (χ3v) is 2.69. The first kappa shape index (κ1) is 11.6. The predicted molar refractivity (Wildman–Crippen MR) is 62.5 cm³/mol. The quantitative estimate of drug-likeness (QED) is 0.728. The molecule has 0 aromatic heterocycles. The Morgan fingerprint density at radius 3 is 2.76 bits per heavy atom. The van der Waals surface area contributed by atoms with Crippen LogP contribution in [0.5, 0.6) is 0 Å². The van der Waals surface area contributed by atoms with E-state index < -0.39 is 5.97 Å². The lowest BCUT2D eigenvalue weighted by Gasteiger charge is -2.06. The van der Waals surface area contributed by atoms with Crippen molar-refractivity contribution in [1.29, 1.82) is 0 Å². The number of carbonyl (C=O) groups excluding carboxylic acids is 1. The Hall–Kier alpha value is -1.88. The van der Waals surface area contributed by atoms with Crippen molar-refractivity contribution in [3.05, 3.63) is 29.3 Å². The van der Waals surface area contributed by atoms with Gasteiger partial charge in [-0.15, -0.1) is 0 Å². The van der Waals surface area contributed by atoms with Crippen LogP contribution in [-0.4, -0.2) is 17.0 Å². The van der Waals surface area contributed by atoms with E-state index in [1.54, 1.807) is 0 Å². The largest absolute Gasteiger partial charge is 0.481 e. The van der Waals surface area contributed by atoms with E-state index in [9.17, 15) is 9.59 Å². The Labute approximate surface area is 98.8 Å². The number of hydrogen-bond acceptors (Lipinski definition) is 3. The topological polar surface area (TPSA) is 78.4 Å². The molecule has 1 heterocycles. The molecule has 0 fully saturated rings. The van der Waals surface area contributed by atoms with Gasteiger partial charge in [-0.25, -0.2) is 0 Å². The van der Waals surface area contributed by atoms with E-state index in [2.05, 4.69) is 10.6 Å². The monoisotopic (exact) mass is 234 g/mol. The van der Waals surface area contributed by atoms with Gasteiger partial charge in [-0.1, -0.05) is 6.07 Å². The van der Waals surface area contributed by atoms with Gasteiger partial charge < -0.3 is 15.7 Å². The summed E-state index contributed by atoms with van der Waals surface area (Å²) in [7, 11) is 0. The average molecular weight is 234 g/mol. The maximum Gasteiger partial charge on any atom is 0.303 e. The molecule has 1 aromatic rings. The van der Waals surface area contributed by atoms with Crippen LogP contribution in [0.4, 0.5) is 5.69 Å². The summed E-state index contributed by atoms with van der Waals surface area (Å²) in [6.45, 7) is 1.68. The van der Waals surface area contributed by atoms with Gasteiger partial charge in [0.15, 0.2) is 0 Å². The molecule has 1 aromatic carbocycles. The molecule has 0 saturated heterocycles. The van der Waals surface area contributed by atoms with Crippen molar-refractivity contribution in [2.45, 2.75) is 25.9 Å². The van der Waals surface area contributed by atoms with Crippen LogP contribution in [0.25, 0.3) is 0 Å². The highest BCUT2D eigenvalue weighted by molar-refractivity contribution is 5.92. The molecule has 0 atom stereocenters. The van der Waals surface area contributed by atoms with E-state index in [4.69, 9.17) is 5.11 Å². The SMILES string of the molecule is O=C(O)CCC(=O)Nc1ccc2c(c1)CNC2. The van der Waals surface area contributed by atoms with Crippen molar-refractivity contribution in [3.8, 4) is 0 Å². The first-order valence-corrected chi connectivity index (χ1v) is 5.49. The Morgan fingerprint density at radius 2 is 2.00 bits per heavy atom. The van der Waals surface area contributed by atoms with E-state index >= 15 is 0 Å². The van der Waals surface area contributed by atoms with Crippen molar-refractivity contribution in [2.24, 2.45) is 0 Å². The highest BCUT2D eigenvalue weighted by Gasteiger charge is 2.11. The fourth-order valence-electron chi connectivity index (χ4n) is 1.82. The summed E-state index contributed by atoms with van der Waals surface area (Å²) >= 11 is 0. The van der Waals surface area contributed by atoms with Crippen molar-refractivity contribution in [1.82, 2.24) is 5.32 Å². The summed E-state index contributed by atoms with van der Waals surface area (Å²) in [5.74, 6) is -1.23. The number of amides is 1. The molecule has 2 rings (SSSR count). The molecular formula is C12H14N2O3. The summed E-state index contributed by atoms with van der Waals surface area (Å²) in [5.41, 5.74) is 3.15. The molecule has 1 aliphatic heterocycles. The van der Waals surface area contributed by atoms with Gasteiger partial charge in [0.2, 0.25) is 5.91 Å². The molecule has 0 aliphatic carbocycles. The number of aliphatic carboxylic acids is 1. The molecule has 0 bridgehead atoms. The summed E-state index contributed by atoms with van der Waals surface area (Å²) in [6.07, 6.45) is -0.136. The molecule has 1 aliphatic rings. The number of anilines is 1. The van der Waals surface area contributed by atoms with Gasteiger partial charge in [-0.2, -0.15) is 0 Å². The van der Waals surface area contributed by atoms with Crippen molar-refractivity contribution in [2.75, 3.05) is 5.32 Å². The number of carbonyl (C=O) groups is 2. The van der Waals surface area contributed by atoms with Gasteiger partial charge in [0.05, 0.1) is 6.42 Å². The predicted octanol–water partition coefficient (Wildman–Crippen LogP) is 1.09. The van der Waals surface area contributed by atoms with Gasteiger partial charge in [-0.05, 0) is 23.3 Å². The molecule has 0 spiro atoms. The number of fused-ring (bicyclic) bond motifs is 1. The van der Waals surface area contributed by atoms with E-state index in [1.165, 1.54) is 11.1 Å². The second kappa shape index (κ2) is 4.97. The molecule has 0 radical (unpaired) electrons. The number of carboxylic acids is 1. The van der Waals surface area contributed by atoms with Gasteiger partial charge >= 0.3 is 5.97 Å². The number of benzene rings is 1. The average Bonchev–Trinajstić information content (AvgIpc) is 2.73. The van der Waals surface area contributed by atoms with Crippen LogP contribution in [0, 0.1) is 0 Å². The van der Waals surface area contributed by atoms with Crippen molar-refractivity contribution >= 4 is 17.6 Å². The summed E-state index contributed by atoms with van der Waals surface area (Å²) in [5, 5.41) is 14.4. The molecule has 5 nitrogen and oxygen atoms in total. The van der Waals surface area contributed by atoms with Gasteiger partial charge in [0.25, 0.3) is 0 Å². The fraction of sp³-hybridized carbons (Fsp3) is 0.333. The molecule has 1 amide bonds. The molecule has 0 unspecified atom stereocenters. The molecular weight excluding hydrogens is 220 g/mol. The van der Waals surface area contributed by atoms with Crippen LogP contribution >= 0.6 is 0 Å². The minimum absolute atomic E-state index is 0.00463. The third-order valence-electron chi connectivity index (χ3n) is 2.69. The zero-order valence-electron chi connectivity index (χ0n) is 9.32. The van der Waals surface area contributed by atoms with Gasteiger partial charge in [0, 0.05) is 25.2 Å². The lowest BCUT2D eigenvalue weighted by molar-refractivity contribution is -0.138. The van der Waals surface area contributed by atoms with Gasteiger partial charge in [0.1, 0.15) is 0 Å². The van der Waals surface area contributed by atoms with Crippen molar-refractivity contribution < 1.29 is 14.7 Å². The van der Waals surface area contributed by atoms with E-state index in [0.717, 1.165) is 18.8 Å². The second-order valence-electron chi connectivity index (χ2n) is 4.03. The van der Waals surface area contributed by atoms with Crippen molar-refractivity contribution in [3.63, 3.8) is 0 Å². The van der Waals surface area contributed by atoms with Gasteiger partial charge in [-0.3, -0.25) is 9.59 Å². The van der Waals surface area contributed by atoms with Crippen LogP contribution in [0.2, 0.25) is 0 Å². The maximum absolute atomic E-state index is 11.4. The minimum Gasteiger partial charge on any atom is -0.481 e. The molecule has 5 heteroatoms.